The summed E-state index contributed by atoms with van der Waals surface area (Å²) in [4.78, 5) is 24.0. The smallest absolute Gasteiger partial charge is 0.300 e. The lowest BCUT2D eigenvalue weighted by Crippen LogP contribution is -2.19. The summed E-state index contributed by atoms with van der Waals surface area (Å²) in [7, 11) is 0. The highest BCUT2D eigenvalue weighted by molar-refractivity contribution is 8.01. The third kappa shape index (κ3) is 3.80. The summed E-state index contributed by atoms with van der Waals surface area (Å²) < 4.78 is 3.41. The van der Waals surface area contributed by atoms with Crippen LogP contribution in [0.1, 0.15) is 13.3 Å². The highest BCUT2D eigenvalue weighted by Crippen LogP contribution is 2.25. The number of rotatable bonds is 6. The van der Waals surface area contributed by atoms with Crippen LogP contribution in [0.4, 0.5) is 5.13 Å². The highest BCUT2D eigenvalue weighted by Gasteiger charge is 2.11. The van der Waals surface area contributed by atoms with Crippen molar-refractivity contribution in [2.24, 2.45) is 0 Å². The van der Waals surface area contributed by atoms with Gasteiger partial charge in [-0.3, -0.25) is 14.2 Å². The van der Waals surface area contributed by atoms with E-state index in [0.717, 1.165) is 20.3 Å². The molecule has 0 saturated carbocycles. The number of carbonyl (C=O) groups is 1. The van der Waals surface area contributed by atoms with E-state index in [9.17, 15) is 9.59 Å². The van der Waals surface area contributed by atoms with E-state index >= 15 is 0 Å². The quantitative estimate of drug-likeness (QED) is 0.536. The summed E-state index contributed by atoms with van der Waals surface area (Å²) in [5.74, 6) is 0.743. The molecule has 0 saturated heterocycles. The van der Waals surface area contributed by atoms with E-state index in [0.29, 0.717) is 11.7 Å². The summed E-state index contributed by atoms with van der Waals surface area (Å²) in [6.07, 6.45) is 0.219. The minimum absolute atomic E-state index is 0.0449. The van der Waals surface area contributed by atoms with Gasteiger partial charge in [-0.05, 0) is 17.9 Å². The largest absolute Gasteiger partial charge is 0.308 e. The molecule has 0 aliphatic rings. The van der Waals surface area contributed by atoms with Gasteiger partial charge in [0, 0.05) is 13.0 Å². The lowest BCUT2D eigenvalue weighted by Gasteiger charge is -2.03. The van der Waals surface area contributed by atoms with Crippen LogP contribution < -0.4 is 10.2 Å². The Bertz CT molecular complexity index is 883. The van der Waals surface area contributed by atoms with Crippen LogP contribution in [-0.4, -0.2) is 26.4 Å². The summed E-state index contributed by atoms with van der Waals surface area (Å²) in [5, 5.41) is 11.1. The minimum Gasteiger partial charge on any atom is -0.300 e. The zero-order valence-corrected chi connectivity index (χ0v) is 14.8. The molecule has 0 radical (unpaired) electrons. The molecule has 1 aromatic carbocycles. The molecule has 0 unspecified atom stereocenters. The predicted octanol–water partition coefficient (Wildman–Crippen LogP) is 3.06. The van der Waals surface area contributed by atoms with Gasteiger partial charge in [0.05, 0.1) is 10.2 Å². The van der Waals surface area contributed by atoms with Crippen molar-refractivity contribution in [1.82, 2.24) is 14.8 Å². The molecule has 0 aliphatic carbocycles. The highest BCUT2D eigenvalue weighted by atomic mass is 32.2. The number of aryl methyl sites for hydroxylation is 1. The number of hydrogen-bond acceptors (Lipinski definition) is 7. The molecule has 0 atom stereocenters. The monoisotopic (exact) mass is 366 g/mol. The van der Waals surface area contributed by atoms with Gasteiger partial charge in [-0.2, -0.15) is 0 Å². The molecule has 0 aliphatic heterocycles. The number of nitrogens with one attached hydrogen (secondary N) is 1. The van der Waals surface area contributed by atoms with Crippen LogP contribution in [0.5, 0.6) is 0 Å². The molecule has 23 heavy (non-hydrogen) atoms. The third-order valence-corrected chi connectivity index (χ3v) is 5.87. The Morgan fingerprint density at radius 1 is 1.30 bits per heavy atom. The van der Waals surface area contributed by atoms with Gasteiger partial charge in [0.2, 0.25) is 11.0 Å². The number of thioether (sulfide) groups is 1. The van der Waals surface area contributed by atoms with Crippen LogP contribution in [0.25, 0.3) is 10.2 Å². The Kier molecular flexibility index (Phi) is 5.09. The van der Waals surface area contributed by atoms with Crippen molar-refractivity contribution in [2.45, 2.75) is 24.2 Å². The van der Waals surface area contributed by atoms with E-state index in [1.165, 1.54) is 22.7 Å². The molecule has 2 heterocycles. The molecule has 0 fully saturated rings. The molecule has 3 rings (SSSR count). The van der Waals surface area contributed by atoms with Crippen LogP contribution in [0.15, 0.2) is 33.4 Å². The Morgan fingerprint density at radius 3 is 2.96 bits per heavy atom. The molecular formula is C14H14N4O2S3. The minimum atomic E-state index is -0.170. The molecule has 1 N–H and O–H groups in total. The van der Waals surface area contributed by atoms with E-state index in [4.69, 9.17) is 0 Å². The molecule has 0 bridgehead atoms. The van der Waals surface area contributed by atoms with Gasteiger partial charge >= 0.3 is 4.87 Å². The second kappa shape index (κ2) is 7.24. The van der Waals surface area contributed by atoms with Gasteiger partial charge in [0.15, 0.2) is 4.34 Å². The van der Waals surface area contributed by atoms with Gasteiger partial charge in [-0.25, -0.2) is 0 Å². The van der Waals surface area contributed by atoms with E-state index < -0.39 is 0 Å². The molecule has 9 heteroatoms. The standard InChI is InChI=1S/C14H14N4O2S3/c1-2-21-13-17-16-12(23-13)15-11(19)7-8-18-9-5-3-4-6-10(9)22-14(18)20/h3-6H,2,7-8H2,1H3,(H,15,16,19). The number of benzene rings is 1. The Labute approximate surface area is 144 Å². The van der Waals surface area contributed by atoms with Crippen LogP contribution in [-0.2, 0) is 11.3 Å². The van der Waals surface area contributed by atoms with Crippen LogP contribution in [0.3, 0.4) is 0 Å². The molecule has 2 aromatic heterocycles. The molecule has 3 aromatic rings. The Balaban J connectivity index is 1.64. The maximum Gasteiger partial charge on any atom is 0.308 e. The lowest BCUT2D eigenvalue weighted by atomic mass is 10.3. The number of thiazole rings is 1. The number of amides is 1. The maximum atomic E-state index is 12.0. The molecule has 0 spiro atoms. The number of para-hydroxylation sites is 1. The number of fused-ring (bicyclic) bond motifs is 1. The first-order chi connectivity index (χ1) is 11.2. The first kappa shape index (κ1) is 16.2. The first-order valence-electron chi connectivity index (χ1n) is 7.02. The number of hydrogen-bond donors (Lipinski definition) is 1. The Hall–Kier alpha value is -1.71. The van der Waals surface area contributed by atoms with Gasteiger partial charge < -0.3 is 5.32 Å². The zero-order chi connectivity index (χ0) is 16.2. The van der Waals surface area contributed by atoms with Crippen molar-refractivity contribution in [3.63, 3.8) is 0 Å². The molecule has 6 nitrogen and oxygen atoms in total. The fourth-order valence-electron chi connectivity index (χ4n) is 2.06. The van der Waals surface area contributed by atoms with Gasteiger partial charge in [-0.15, -0.1) is 10.2 Å². The third-order valence-electron chi connectivity index (χ3n) is 3.06. The zero-order valence-electron chi connectivity index (χ0n) is 12.3. The average molecular weight is 366 g/mol. The average Bonchev–Trinajstić information content (AvgIpc) is 3.09. The summed E-state index contributed by atoms with van der Waals surface area (Å²) in [5.41, 5.74) is 0.868. The first-order valence-corrected chi connectivity index (χ1v) is 9.63. The lowest BCUT2D eigenvalue weighted by molar-refractivity contribution is -0.116. The van der Waals surface area contributed by atoms with Gasteiger partial charge in [0.25, 0.3) is 0 Å². The van der Waals surface area contributed by atoms with E-state index in [-0.39, 0.29) is 17.2 Å². The normalized spacial score (nSPS) is 11.0. The summed E-state index contributed by atoms with van der Waals surface area (Å²) in [6.45, 7) is 2.39. The summed E-state index contributed by atoms with van der Waals surface area (Å²) >= 11 is 4.14. The van der Waals surface area contributed by atoms with Crippen molar-refractivity contribution in [3.8, 4) is 0 Å². The molecule has 120 valence electrons. The maximum absolute atomic E-state index is 12.0. The van der Waals surface area contributed by atoms with Crippen molar-refractivity contribution in [2.75, 3.05) is 11.1 Å². The van der Waals surface area contributed by atoms with E-state index in [1.807, 2.05) is 31.2 Å². The van der Waals surface area contributed by atoms with Gasteiger partial charge in [-0.1, -0.05) is 53.5 Å². The Morgan fingerprint density at radius 2 is 2.13 bits per heavy atom. The fraction of sp³-hybridized carbons (Fsp3) is 0.286. The summed E-state index contributed by atoms with van der Waals surface area (Å²) in [6, 6.07) is 7.59. The predicted molar refractivity (Wildman–Crippen MR) is 95.6 cm³/mol. The van der Waals surface area contributed by atoms with Crippen molar-refractivity contribution in [3.05, 3.63) is 33.9 Å². The van der Waals surface area contributed by atoms with Crippen molar-refractivity contribution < 1.29 is 4.79 Å². The molecular weight excluding hydrogens is 352 g/mol. The number of nitrogens with zero attached hydrogens (tertiary/aromatic N) is 3. The number of aromatic nitrogens is 3. The van der Waals surface area contributed by atoms with Crippen molar-refractivity contribution in [1.29, 1.82) is 0 Å². The SMILES string of the molecule is CCSc1nnc(NC(=O)CCn2c(=O)sc3ccccc32)s1. The topological polar surface area (TPSA) is 76.9 Å². The molecule has 1 amide bonds. The van der Waals surface area contributed by atoms with E-state index in [1.54, 1.807) is 16.3 Å². The van der Waals surface area contributed by atoms with E-state index in [2.05, 4.69) is 15.5 Å². The van der Waals surface area contributed by atoms with Crippen LogP contribution >= 0.6 is 34.4 Å². The number of anilines is 1. The second-order valence-electron chi connectivity index (χ2n) is 4.59. The second-order valence-corrected chi connectivity index (χ2v) is 8.07. The van der Waals surface area contributed by atoms with Gasteiger partial charge in [0.1, 0.15) is 0 Å². The van der Waals surface area contributed by atoms with Crippen LogP contribution in [0.2, 0.25) is 0 Å². The fourth-order valence-corrected chi connectivity index (χ4v) is 4.65. The van der Waals surface area contributed by atoms with Crippen LogP contribution in [0, 0.1) is 0 Å². The number of carbonyl (C=O) groups excluding carboxylic acids is 1. The van der Waals surface area contributed by atoms with Crippen molar-refractivity contribution >= 4 is 55.7 Å².